The van der Waals surface area contributed by atoms with Gasteiger partial charge in [0.05, 0.1) is 12.6 Å². The molecule has 0 spiro atoms. The average molecular weight is 290 g/mol. The minimum Gasteiger partial charge on any atom is -0.377 e. The van der Waals surface area contributed by atoms with Crippen LogP contribution in [0.1, 0.15) is 18.9 Å². The number of nitrogens with zero attached hydrogens (tertiary/aromatic N) is 2. The summed E-state index contributed by atoms with van der Waals surface area (Å²) in [5.74, 6) is 0.158. The molecule has 4 nitrogen and oxygen atoms in total. The average Bonchev–Trinajstić information content (AvgIpc) is 2.83. The van der Waals surface area contributed by atoms with Gasteiger partial charge in [0.1, 0.15) is 0 Å². The molecule has 1 aromatic carbocycles. The first kappa shape index (κ1) is 16.0. The fourth-order valence-electron chi connectivity index (χ4n) is 2.92. The number of ether oxygens (including phenoxy) is 1. The molecule has 0 radical (unpaired) electrons. The van der Waals surface area contributed by atoms with Crippen molar-refractivity contribution in [3.8, 4) is 0 Å². The lowest BCUT2D eigenvalue weighted by Gasteiger charge is -2.28. The van der Waals surface area contributed by atoms with Gasteiger partial charge in [-0.05, 0) is 25.3 Å². The predicted molar refractivity (Wildman–Crippen MR) is 84.2 cm³/mol. The van der Waals surface area contributed by atoms with Gasteiger partial charge in [-0.3, -0.25) is 9.69 Å². The van der Waals surface area contributed by atoms with Crippen LogP contribution in [0, 0.1) is 0 Å². The number of carbonyl (C=O) groups is 1. The highest BCUT2D eigenvalue weighted by molar-refractivity contribution is 5.77. The van der Waals surface area contributed by atoms with E-state index < -0.39 is 0 Å². The van der Waals surface area contributed by atoms with Crippen molar-refractivity contribution in [1.29, 1.82) is 0 Å². The van der Waals surface area contributed by atoms with E-state index >= 15 is 0 Å². The van der Waals surface area contributed by atoms with Gasteiger partial charge in [0.2, 0.25) is 5.91 Å². The minimum atomic E-state index is 0.158. The normalized spacial score (nSPS) is 22.4. The fraction of sp³-hybridized carbons (Fsp3) is 0.588. The van der Waals surface area contributed by atoms with Crippen molar-refractivity contribution in [1.82, 2.24) is 9.80 Å². The van der Waals surface area contributed by atoms with Crippen molar-refractivity contribution in [2.45, 2.75) is 31.9 Å². The number of benzene rings is 1. The third-order valence-electron chi connectivity index (χ3n) is 4.10. The molecule has 0 saturated carbocycles. The van der Waals surface area contributed by atoms with Crippen molar-refractivity contribution in [2.75, 3.05) is 33.8 Å². The molecule has 0 aromatic heterocycles. The second-order valence-corrected chi connectivity index (χ2v) is 5.80. The SMILES string of the molecule is CCO[C@@H]1CCN(CC(=O)N(C)C)[C@@H]1Cc1ccccc1. The molecule has 0 aliphatic carbocycles. The highest BCUT2D eigenvalue weighted by Gasteiger charge is 2.35. The molecule has 2 atom stereocenters. The van der Waals surface area contributed by atoms with E-state index in [1.807, 2.05) is 27.1 Å². The van der Waals surface area contributed by atoms with Crippen LogP contribution in [0.25, 0.3) is 0 Å². The highest BCUT2D eigenvalue weighted by Crippen LogP contribution is 2.24. The minimum absolute atomic E-state index is 0.158. The first-order valence-corrected chi connectivity index (χ1v) is 7.71. The Morgan fingerprint density at radius 1 is 1.33 bits per heavy atom. The van der Waals surface area contributed by atoms with Gasteiger partial charge in [-0.25, -0.2) is 0 Å². The van der Waals surface area contributed by atoms with Crippen molar-refractivity contribution in [3.05, 3.63) is 35.9 Å². The van der Waals surface area contributed by atoms with Crippen LogP contribution >= 0.6 is 0 Å². The highest BCUT2D eigenvalue weighted by atomic mass is 16.5. The van der Waals surface area contributed by atoms with Crippen LogP contribution in [-0.2, 0) is 16.0 Å². The van der Waals surface area contributed by atoms with Gasteiger partial charge in [0.25, 0.3) is 0 Å². The number of rotatable bonds is 6. The van der Waals surface area contributed by atoms with Crippen molar-refractivity contribution >= 4 is 5.91 Å². The van der Waals surface area contributed by atoms with E-state index in [1.165, 1.54) is 5.56 Å². The summed E-state index contributed by atoms with van der Waals surface area (Å²) in [6, 6.07) is 10.7. The molecular formula is C17H26N2O2. The second-order valence-electron chi connectivity index (χ2n) is 5.80. The summed E-state index contributed by atoms with van der Waals surface area (Å²) >= 11 is 0. The molecule has 1 aromatic rings. The molecule has 1 heterocycles. The van der Waals surface area contributed by atoms with Gasteiger partial charge in [0, 0.05) is 33.3 Å². The van der Waals surface area contributed by atoms with E-state index in [9.17, 15) is 4.79 Å². The summed E-state index contributed by atoms with van der Waals surface area (Å²) in [5, 5.41) is 0. The fourth-order valence-corrected chi connectivity index (χ4v) is 2.92. The van der Waals surface area contributed by atoms with Gasteiger partial charge in [-0.2, -0.15) is 0 Å². The molecule has 0 unspecified atom stereocenters. The van der Waals surface area contributed by atoms with E-state index in [1.54, 1.807) is 4.90 Å². The van der Waals surface area contributed by atoms with Gasteiger partial charge < -0.3 is 9.64 Å². The zero-order valence-corrected chi connectivity index (χ0v) is 13.3. The Balaban J connectivity index is 2.07. The zero-order chi connectivity index (χ0) is 15.2. The molecule has 0 bridgehead atoms. The molecule has 1 amide bonds. The van der Waals surface area contributed by atoms with Gasteiger partial charge >= 0.3 is 0 Å². The molecule has 1 saturated heterocycles. The lowest BCUT2D eigenvalue weighted by molar-refractivity contribution is -0.130. The first-order valence-electron chi connectivity index (χ1n) is 7.71. The second kappa shape index (κ2) is 7.57. The molecule has 21 heavy (non-hydrogen) atoms. The number of hydrogen-bond acceptors (Lipinski definition) is 3. The lowest BCUT2D eigenvalue weighted by Crippen LogP contribution is -2.43. The maximum atomic E-state index is 12.0. The molecule has 1 aliphatic rings. The molecule has 1 fully saturated rings. The predicted octanol–water partition coefficient (Wildman–Crippen LogP) is 1.80. The number of amides is 1. The largest absolute Gasteiger partial charge is 0.377 e. The van der Waals surface area contributed by atoms with E-state index in [0.29, 0.717) is 6.54 Å². The first-order chi connectivity index (χ1) is 10.1. The topological polar surface area (TPSA) is 32.8 Å². The number of hydrogen-bond donors (Lipinski definition) is 0. The summed E-state index contributed by atoms with van der Waals surface area (Å²) in [6.45, 7) is 4.18. The van der Waals surface area contributed by atoms with Crippen LogP contribution in [0.5, 0.6) is 0 Å². The smallest absolute Gasteiger partial charge is 0.236 e. The van der Waals surface area contributed by atoms with Crippen LogP contribution in [0.3, 0.4) is 0 Å². The van der Waals surface area contributed by atoms with Crippen LogP contribution in [0.15, 0.2) is 30.3 Å². The van der Waals surface area contributed by atoms with Crippen LogP contribution < -0.4 is 0 Å². The summed E-state index contributed by atoms with van der Waals surface area (Å²) < 4.78 is 5.89. The maximum Gasteiger partial charge on any atom is 0.236 e. The zero-order valence-electron chi connectivity index (χ0n) is 13.3. The Kier molecular flexibility index (Phi) is 5.76. The standard InChI is InChI=1S/C17H26N2O2/c1-4-21-16-10-11-19(13-17(20)18(2)3)15(16)12-14-8-6-5-7-9-14/h5-9,15-16H,4,10-13H2,1-3H3/t15-,16-/m1/s1. The van der Waals surface area contributed by atoms with E-state index in [0.717, 1.165) is 26.0 Å². The van der Waals surface area contributed by atoms with Crippen molar-refractivity contribution in [2.24, 2.45) is 0 Å². The Bertz CT molecular complexity index is 447. The van der Waals surface area contributed by atoms with Gasteiger partial charge in [-0.1, -0.05) is 30.3 Å². The Hall–Kier alpha value is -1.39. The summed E-state index contributed by atoms with van der Waals surface area (Å²) in [5.41, 5.74) is 1.30. The van der Waals surface area contributed by atoms with Crippen molar-refractivity contribution < 1.29 is 9.53 Å². The van der Waals surface area contributed by atoms with Gasteiger partial charge in [-0.15, -0.1) is 0 Å². The molecular weight excluding hydrogens is 264 g/mol. The Morgan fingerprint density at radius 2 is 2.05 bits per heavy atom. The number of likely N-dealkylation sites (tertiary alicyclic amines) is 1. The number of likely N-dealkylation sites (N-methyl/N-ethyl adjacent to an activating group) is 1. The molecule has 2 rings (SSSR count). The Labute approximate surface area is 127 Å². The number of carbonyl (C=O) groups excluding carboxylic acids is 1. The van der Waals surface area contributed by atoms with E-state index in [2.05, 4.69) is 29.2 Å². The van der Waals surface area contributed by atoms with Crippen LogP contribution in [0.4, 0.5) is 0 Å². The summed E-state index contributed by atoms with van der Waals surface area (Å²) in [7, 11) is 3.62. The maximum absolute atomic E-state index is 12.0. The monoisotopic (exact) mass is 290 g/mol. The summed E-state index contributed by atoms with van der Waals surface area (Å²) in [6.07, 6.45) is 2.17. The quantitative estimate of drug-likeness (QED) is 0.801. The van der Waals surface area contributed by atoms with E-state index in [-0.39, 0.29) is 18.1 Å². The lowest BCUT2D eigenvalue weighted by atomic mass is 10.0. The molecule has 0 N–H and O–H groups in total. The van der Waals surface area contributed by atoms with E-state index in [4.69, 9.17) is 4.74 Å². The molecule has 4 heteroatoms. The van der Waals surface area contributed by atoms with Gasteiger partial charge in [0.15, 0.2) is 0 Å². The van der Waals surface area contributed by atoms with Crippen LogP contribution in [0.2, 0.25) is 0 Å². The Morgan fingerprint density at radius 3 is 2.67 bits per heavy atom. The van der Waals surface area contributed by atoms with Crippen LogP contribution in [-0.4, -0.2) is 61.6 Å². The summed E-state index contributed by atoms with van der Waals surface area (Å²) in [4.78, 5) is 15.9. The third kappa shape index (κ3) is 4.29. The molecule has 116 valence electrons. The third-order valence-corrected chi connectivity index (χ3v) is 4.10. The van der Waals surface area contributed by atoms with Crippen molar-refractivity contribution in [3.63, 3.8) is 0 Å². The molecule has 1 aliphatic heterocycles.